The SMILES string of the molecule is CC(=O)C(c1ccccc1)C1CCCCN1.Cl. The van der Waals surface area contributed by atoms with Gasteiger partial charge in [0.15, 0.2) is 0 Å². The van der Waals surface area contributed by atoms with Crippen LogP contribution in [0.4, 0.5) is 0 Å². The Morgan fingerprint density at radius 2 is 2.00 bits per heavy atom. The highest BCUT2D eigenvalue weighted by Crippen LogP contribution is 2.25. The molecule has 1 saturated heterocycles. The molecule has 0 amide bonds. The quantitative estimate of drug-likeness (QED) is 0.898. The van der Waals surface area contributed by atoms with Crippen LogP contribution in [0.3, 0.4) is 0 Å². The largest absolute Gasteiger partial charge is 0.313 e. The maximum atomic E-state index is 11.8. The second-order valence-corrected chi connectivity index (χ2v) is 4.56. The number of halogens is 1. The fourth-order valence-corrected chi connectivity index (χ4v) is 2.57. The minimum atomic E-state index is 0. The molecule has 1 aromatic carbocycles. The second-order valence-electron chi connectivity index (χ2n) is 4.56. The lowest BCUT2D eigenvalue weighted by molar-refractivity contribution is -0.119. The van der Waals surface area contributed by atoms with Crippen LogP contribution in [-0.2, 0) is 4.79 Å². The second kappa shape index (κ2) is 6.77. The van der Waals surface area contributed by atoms with Crippen molar-refractivity contribution in [3.63, 3.8) is 0 Å². The first-order valence-corrected chi connectivity index (χ1v) is 6.08. The maximum absolute atomic E-state index is 11.8. The maximum Gasteiger partial charge on any atom is 0.138 e. The summed E-state index contributed by atoms with van der Waals surface area (Å²) in [6, 6.07) is 10.5. The van der Waals surface area contributed by atoms with Crippen molar-refractivity contribution in [3.8, 4) is 0 Å². The van der Waals surface area contributed by atoms with Gasteiger partial charge in [0, 0.05) is 6.04 Å². The molecule has 0 saturated carbocycles. The van der Waals surface area contributed by atoms with Crippen molar-refractivity contribution in [3.05, 3.63) is 35.9 Å². The predicted molar refractivity (Wildman–Crippen MR) is 72.8 cm³/mol. The highest BCUT2D eigenvalue weighted by atomic mass is 35.5. The van der Waals surface area contributed by atoms with Gasteiger partial charge < -0.3 is 5.32 Å². The summed E-state index contributed by atoms with van der Waals surface area (Å²) in [5, 5.41) is 3.48. The van der Waals surface area contributed by atoms with E-state index in [4.69, 9.17) is 0 Å². The fourth-order valence-electron chi connectivity index (χ4n) is 2.57. The van der Waals surface area contributed by atoms with E-state index in [0.29, 0.717) is 6.04 Å². The van der Waals surface area contributed by atoms with Crippen LogP contribution < -0.4 is 5.32 Å². The molecular weight excluding hydrogens is 234 g/mol. The molecule has 2 unspecified atom stereocenters. The number of rotatable bonds is 3. The molecule has 1 heterocycles. The number of carbonyl (C=O) groups is 1. The smallest absolute Gasteiger partial charge is 0.138 e. The van der Waals surface area contributed by atoms with Gasteiger partial charge in [0.1, 0.15) is 5.78 Å². The van der Waals surface area contributed by atoms with E-state index < -0.39 is 0 Å². The van der Waals surface area contributed by atoms with E-state index in [9.17, 15) is 4.79 Å². The van der Waals surface area contributed by atoms with Crippen LogP contribution in [0, 0.1) is 0 Å². The number of hydrogen-bond donors (Lipinski definition) is 1. The van der Waals surface area contributed by atoms with Gasteiger partial charge in [0.25, 0.3) is 0 Å². The van der Waals surface area contributed by atoms with Crippen molar-refractivity contribution in [2.24, 2.45) is 0 Å². The van der Waals surface area contributed by atoms with Gasteiger partial charge in [-0.05, 0) is 31.9 Å². The lowest BCUT2D eigenvalue weighted by Gasteiger charge is -2.30. The summed E-state index contributed by atoms with van der Waals surface area (Å²) in [6.07, 6.45) is 3.57. The van der Waals surface area contributed by atoms with Crippen molar-refractivity contribution < 1.29 is 4.79 Å². The standard InChI is InChI=1S/C14H19NO.ClH/c1-11(16)14(12-7-3-2-4-8-12)13-9-5-6-10-15-13;/h2-4,7-8,13-15H,5-6,9-10H2,1H3;1H. The Labute approximate surface area is 109 Å². The van der Waals surface area contributed by atoms with E-state index in [-0.39, 0.29) is 24.1 Å². The third-order valence-electron chi connectivity index (χ3n) is 3.35. The average molecular weight is 254 g/mol. The summed E-state index contributed by atoms with van der Waals surface area (Å²) in [6.45, 7) is 2.75. The van der Waals surface area contributed by atoms with Crippen molar-refractivity contribution in [2.45, 2.75) is 38.1 Å². The van der Waals surface area contributed by atoms with Crippen LogP contribution in [0.1, 0.15) is 37.7 Å². The minimum Gasteiger partial charge on any atom is -0.313 e. The Balaban J connectivity index is 0.00000144. The van der Waals surface area contributed by atoms with Gasteiger partial charge in [-0.3, -0.25) is 4.79 Å². The molecule has 94 valence electrons. The molecule has 1 aliphatic rings. The van der Waals surface area contributed by atoms with Crippen LogP contribution in [0.5, 0.6) is 0 Å². The third kappa shape index (κ3) is 3.55. The number of piperidine rings is 1. The highest BCUT2D eigenvalue weighted by Gasteiger charge is 2.27. The average Bonchev–Trinajstić information content (AvgIpc) is 2.31. The fraction of sp³-hybridized carbons (Fsp3) is 0.500. The molecule has 1 fully saturated rings. The molecule has 1 aliphatic heterocycles. The summed E-state index contributed by atoms with van der Waals surface area (Å²) in [5.41, 5.74) is 1.15. The summed E-state index contributed by atoms with van der Waals surface area (Å²) < 4.78 is 0. The molecule has 0 aromatic heterocycles. The van der Waals surface area contributed by atoms with Crippen LogP contribution >= 0.6 is 12.4 Å². The molecular formula is C14H20ClNO. The lowest BCUT2D eigenvalue weighted by atomic mass is 9.84. The van der Waals surface area contributed by atoms with Gasteiger partial charge in [0.2, 0.25) is 0 Å². The Kier molecular flexibility index (Phi) is 5.66. The number of hydrogen-bond acceptors (Lipinski definition) is 2. The molecule has 2 nitrogen and oxygen atoms in total. The number of nitrogens with one attached hydrogen (secondary N) is 1. The number of benzene rings is 1. The van der Waals surface area contributed by atoms with Gasteiger partial charge in [-0.25, -0.2) is 0 Å². The van der Waals surface area contributed by atoms with E-state index in [1.807, 2.05) is 18.2 Å². The van der Waals surface area contributed by atoms with E-state index in [1.165, 1.54) is 12.8 Å². The monoisotopic (exact) mass is 253 g/mol. The van der Waals surface area contributed by atoms with E-state index in [2.05, 4.69) is 17.4 Å². The van der Waals surface area contributed by atoms with Crippen molar-refractivity contribution in [2.75, 3.05) is 6.54 Å². The van der Waals surface area contributed by atoms with Gasteiger partial charge in [-0.1, -0.05) is 36.8 Å². The first-order valence-electron chi connectivity index (χ1n) is 6.08. The van der Waals surface area contributed by atoms with Gasteiger partial charge in [-0.15, -0.1) is 12.4 Å². The van der Waals surface area contributed by atoms with E-state index >= 15 is 0 Å². The van der Waals surface area contributed by atoms with Gasteiger partial charge in [0.05, 0.1) is 5.92 Å². The molecule has 0 bridgehead atoms. The third-order valence-corrected chi connectivity index (χ3v) is 3.35. The van der Waals surface area contributed by atoms with E-state index in [1.54, 1.807) is 6.92 Å². The summed E-state index contributed by atoms with van der Waals surface area (Å²) >= 11 is 0. The molecule has 0 radical (unpaired) electrons. The Bertz CT molecular complexity index is 346. The summed E-state index contributed by atoms with van der Waals surface area (Å²) in [5.74, 6) is 0.298. The summed E-state index contributed by atoms with van der Waals surface area (Å²) in [7, 11) is 0. The molecule has 2 rings (SSSR count). The van der Waals surface area contributed by atoms with Gasteiger partial charge >= 0.3 is 0 Å². The van der Waals surface area contributed by atoms with Crippen molar-refractivity contribution in [1.29, 1.82) is 0 Å². The molecule has 0 spiro atoms. The normalized spacial score (nSPS) is 21.4. The van der Waals surface area contributed by atoms with Crippen LogP contribution in [0.25, 0.3) is 0 Å². The first-order chi connectivity index (χ1) is 7.79. The van der Waals surface area contributed by atoms with E-state index in [0.717, 1.165) is 18.5 Å². The molecule has 17 heavy (non-hydrogen) atoms. The zero-order chi connectivity index (χ0) is 11.4. The molecule has 3 heteroatoms. The molecule has 2 atom stereocenters. The molecule has 1 aromatic rings. The van der Waals surface area contributed by atoms with Gasteiger partial charge in [-0.2, -0.15) is 0 Å². The predicted octanol–water partition coefficient (Wildman–Crippen LogP) is 2.92. The Morgan fingerprint density at radius 3 is 2.53 bits per heavy atom. The van der Waals surface area contributed by atoms with Crippen LogP contribution in [0.15, 0.2) is 30.3 Å². The van der Waals surface area contributed by atoms with Crippen molar-refractivity contribution in [1.82, 2.24) is 5.32 Å². The van der Waals surface area contributed by atoms with Crippen LogP contribution in [-0.4, -0.2) is 18.4 Å². The Morgan fingerprint density at radius 1 is 1.29 bits per heavy atom. The van der Waals surface area contributed by atoms with Crippen LogP contribution in [0.2, 0.25) is 0 Å². The number of Topliss-reactive ketones (excluding diaryl/α,β-unsaturated/α-hetero) is 1. The van der Waals surface area contributed by atoms with Crippen molar-refractivity contribution >= 4 is 18.2 Å². The zero-order valence-corrected chi connectivity index (χ0v) is 11.0. The molecule has 0 aliphatic carbocycles. The number of ketones is 1. The molecule has 1 N–H and O–H groups in total. The lowest BCUT2D eigenvalue weighted by Crippen LogP contribution is -2.41. The minimum absolute atomic E-state index is 0. The Hall–Kier alpha value is -0.860. The number of carbonyl (C=O) groups excluding carboxylic acids is 1. The zero-order valence-electron chi connectivity index (χ0n) is 10.2. The summed E-state index contributed by atoms with van der Waals surface area (Å²) in [4.78, 5) is 11.8. The first kappa shape index (κ1) is 14.2. The highest BCUT2D eigenvalue weighted by molar-refractivity contribution is 5.85. The topological polar surface area (TPSA) is 29.1 Å².